The van der Waals surface area contributed by atoms with E-state index < -0.39 is 16.1 Å². The number of pyridine rings is 2. The van der Waals surface area contributed by atoms with E-state index >= 15 is 0 Å². The lowest BCUT2D eigenvalue weighted by molar-refractivity contribution is 0.0508. The maximum absolute atomic E-state index is 13.4. The minimum atomic E-state index is -3.43. The number of fused-ring (bicyclic) bond motifs is 1. The normalized spacial score (nSPS) is 17.4. The standard InChI is InChI=1S/C24H24ClN7O4S2/c25-15-4-8-32-20(11-15)18(13-27-32)23-29-30-24(37-23)22(33)28-21(14-5-9-36-10-6-14)19-12-16(3-7-26-19)31-38(34,35)17-1-2-17/h3-4,7-8,11-14,17,21H,1-2,5-6,9-10H2,(H,26,31)(H,28,33)/t21-/m1/s1. The maximum Gasteiger partial charge on any atom is 0.282 e. The minimum Gasteiger partial charge on any atom is -0.381 e. The third-order valence-electron chi connectivity index (χ3n) is 6.68. The molecule has 2 fully saturated rings. The summed E-state index contributed by atoms with van der Waals surface area (Å²) < 4.78 is 34.8. The molecule has 1 saturated heterocycles. The van der Waals surface area contributed by atoms with Gasteiger partial charge in [0.05, 0.1) is 40.0 Å². The molecule has 0 spiro atoms. The van der Waals surface area contributed by atoms with Gasteiger partial charge >= 0.3 is 0 Å². The van der Waals surface area contributed by atoms with Crippen LogP contribution in [0.25, 0.3) is 16.1 Å². The number of carbonyl (C=O) groups is 1. The highest BCUT2D eigenvalue weighted by molar-refractivity contribution is 7.93. The van der Waals surface area contributed by atoms with Crippen molar-refractivity contribution in [2.24, 2.45) is 5.92 Å². The van der Waals surface area contributed by atoms with Crippen molar-refractivity contribution >= 4 is 50.1 Å². The summed E-state index contributed by atoms with van der Waals surface area (Å²) >= 11 is 7.31. The Morgan fingerprint density at radius 2 is 1.97 bits per heavy atom. The van der Waals surface area contributed by atoms with Crippen molar-refractivity contribution in [3.05, 3.63) is 58.6 Å². The molecular formula is C24H24ClN7O4S2. The van der Waals surface area contributed by atoms with Crippen molar-refractivity contribution in [1.82, 2.24) is 30.1 Å². The molecule has 14 heteroatoms. The molecule has 1 atom stereocenters. The van der Waals surface area contributed by atoms with Crippen LogP contribution in [0.5, 0.6) is 0 Å². The van der Waals surface area contributed by atoms with Crippen LogP contribution in [0.1, 0.15) is 47.2 Å². The second kappa shape index (κ2) is 10.2. The molecule has 1 saturated carbocycles. The van der Waals surface area contributed by atoms with E-state index in [-0.39, 0.29) is 22.1 Å². The predicted octanol–water partition coefficient (Wildman–Crippen LogP) is 3.70. The number of carbonyl (C=O) groups excluding carboxylic acids is 1. The van der Waals surface area contributed by atoms with Gasteiger partial charge in [0.1, 0.15) is 0 Å². The molecule has 4 aromatic heterocycles. The van der Waals surface area contributed by atoms with E-state index in [4.69, 9.17) is 16.3 Å². The van der Waals surface area contributed by atoms with Crippen LogP contribution in [0.4, 0.5) is 5.69 Å². The Labute approximate surface area is 227 Å². The number of nitrogens with zero attached hydrogens (tertiary/aromatic N) is 5. The van der Waals surface area contributed by atoms with Crippen LogP contribution >= 0.6 is 22.9 Å². The van der Waals surface area contributed by atoms with Crippen LogP contribution in [-0.4, -0.2) is 57.6 Å². The first-order chi connectivity index (χ1) is 18.4. The molecule has 0 radical (unpaired) electrons. The van der Waals surface area contributed by atoms with Gasteiger partial charge in [-0.25, -0.2) is 12.9 Å². The Kier molecular flexibility index (Phi) is 6.76. The molecular weight excluding hydrogens is 550 g/mol. The Hall–Kier alpha value is -3.13. The van der Waals surface area contributed by atoms with Gasteiger partial charge in [-0.05, 0) is 55.9 Å². The van der Waals surface area contributed by atoms with Crippen molar-refractivity contribution in [2.75, 3.05) is 17.9 Å². The van der Waals surface area contributed by atoms with Gasteiger partial charge < -0.3 is 10.1 Å². The van der Waals surface area contributed by atoms with Gasteiger partial charge in [0.25, 0.3) is 5.91 Å². The second-order valence-corrected chi connectivity index (χ2v) is 12.7. The lowest BCUT2D eigenvalue weighted by Crippen LogP contribution is -2.36. The Balaban J connectivity index is 1.26. The summed E-state index contributed by atoms with van der Waals surface area (Å²) in [7, 11) is -3.43. The molecule has 6 rings (SSSR count). The third-order valence-corrected chi connectivity index (χ3v) is 9.74. The molecule has 0 unspecified atom stereocenters. The van der Waals surface area contributed by atoms with E-state index in [9.17, 15) is 13.2 Å². The molecule has 2 N–H and O–H groups in total. The smallest absolute Gasteiger partial charge is 0.282 e. The van der Waals surface area contributed by atoms with Gasteiger partial charge in [0.15, 0.2) is 5.01 Å². The summed E-state index contributed by atoms with van der Waals surface area (Å²) in [6.45, 7) is 1.15. The van der Waals surface area contributed by atoms with Crippen molar-refractivity contribution < 1.29 is 17.9 Å². The number of halogens is 1. The number of sulfonamides is 1. The molecule has 0 bridgehead atoms. The first-order valence-corrected chi connectivity index (χ1v) is 14.9. The fourth-order valence-corrected chi connectivity index (χ4v) is 6.84. The second-order valence-electron chi connectivity index (χ2n) is 9.36. The Morgan fingerprint density at radius 1 is 1.16 bits per heavy atom. The number of hydrogen-bond donors (Lipinski definition) is 2. The highest BCUT2D eigenvalue weighted by Gasteiger charge is 2.36. The fraction of sp³-hybridized carbons (Fsp3) is 0.375. The average Bonchev–Trinajstić information content (AvgIpc) is 3.54. The SMILES string of the molecule is O=C(N[C@@H](c1cc(NS(=O)(=O)C2CC2)ccn1)C1CCOCC1)c1nnc(-c2cnn3ccc(Cl)cc23)s1. The Morgan fingerprint density at radius 3 is 2.76 bits per heavy atom. The number of anilines is 1. The molecule has 4 aromatic rings. The van der Waals surface area contributed by atoms with Gasteiger partial charge in [-0.1, -0.05) is 22.9 Å². The van der Waals surface area contributed by atoms with Gasteiger partial charge in [0, 0.05) is 30.6 Å². The maximum atomic E-state index is 13.4. The number of amides is 1. The summed E-state index contributed by atoms with van der Waals surface area (Å²) in [4.78, 5) is 17.9. The summed E-state index contributed by atoms with van der Waals surface area (Å²) in [6.07, 6.45) is 7.76. The van der Waals surface area contributed by atoms with E-state index in [2.05, 4.69) is 30.3 Å². The number of hydrogen-bond acceptors (Lipinski definition) is 9. The number of ether oxygens (including phenoxy) is 1. The fourth-order valence-electron chi connectivity index (χ4n) is 4.54. The molecule has 0 aromatic carbocycles. The van der Waals surface area contributed by atoms with Gasteiger partial charge in [-0.3, -0.25) is 14.5 Å². The molecule has 1 amide bonds. The molecule has 11 nitrogen and oxygen atoms in total. The van der Waals surface area contributed by atoms with E-state index in [1.165, 1.54) is 0 Å². The molecule has 198 valence electrons. The van der Waals surface area contributed by atoms with Crippen LogP contribution in [-0.2, 0) is 14.8 Å². The quantitative estimate of drug-likeness (QED) is 0.325. The predicted molar refractivity (Wildman–Crippen MR) is 143 cm³/mol. The topological polar surface area (TPSA) is 140 Å². The molecule has 2 aliphatic rings. The average molecular weight is 574 g/mol. The first-order valence-electron chi connectivity index (χ1n) is 12.2. The van der Waals surface area contributed by atoms with Gasteiger partial charge in [-0.2, -0.15) is 5.10 Å². The van der Waals surface area contributed by atoms with Crippen molar-refractivity contribution in [1.29, 1.82) is 0 Å². The molecule has 1 aliphatic heterocycles. The molecule has 5 heterocycles. The summed E-state index contributed by atoms with van der Waals surface area (Å²) in [6, 6.07) is 6.36. The molecule has 1 aliphatic carbocycles. The van der Waals surface area contributed by atoms with Crippen LogP contribution in [0.3, 0.4) is 0 Å². The minimum absolute atomic E-state index is 0.0599. The van der Waals surface area contributed by atoms with Gasteiger partial charge in [0.2, 0.25) is 15.0 Å². The summed E-state index contributed by atoms with van der Waals surface area (Å²) in [5.41, 5.74) is 2.49. The summed E-state index contributed by atoms with van der Waals surface area (Å²) in [5, 5.41) is 16.7. The zero-order valence-corrected chi connectivity index (χ0v) is 22.5. The molecule has 38 heavy (non-hydrogen) atoms. The van der Waals surface area contributed by atoms with E-state index in [1.807, 2.05) is 0 Å². The van der Waals surface area contributed by atoms with Crippen molar-refractivity contribution in [2.45, 2.75) is 37.0 Å². The zero-order valence-electron chi connectivity index (χ0n) is 20.1. The third kappa shape index (κ3) is 5.23. The lowest BCUT2D eigenvalue weighted by atomic mass is 9.89. The van der Waals surface area contributed by atoms with E-state index in [1.54, 1.807) is 47.4 Å². The zero-order chi connectivity index (χ0) is 26.3. The first kappa shape index (κ1) is 25.2. The lowest BCUT2D eigenvalue weighted by Gasteiger charge is -2.30. The Bertz CT molecular complexity index is 1600. The van der Waals surface area contributed by atoms with Gasteiger partial charge in [-0.15, -0.1) is 10.2 Å². The largest absolute Gasteiger partial charge is 0.381 e. The summed E-state index contributed by atoms with van der Waals surface area (Å²) in [5.74, 6) is -0.324. The van der Waals surface area contributed by atoms with E-state index in [0.29, 0.717) is 47.5 Å². The number of rotatable bonds is 8. The van der Waals surface area contributed by atoms with Crippen LogP contribution in [0.2, 0.25) is 5.02 Å². The van der Waals surface area contributed by atoms with Crippen molar-refractivity contribution in [3.63, 3.8) is 0 Å². The monoisotopic (exact) mass is 573 g/mol. The highest BCUT2D eigenvalue weighted by Crippen LogP contribution is 2.34. The number of aromatic nitrogens is 5. The number of nitrogens with one attached hydrogen (secondary N) is 2. The van der Waals surface area contributed by atoms with Crippen LogP contribution in [0, 0.1) is 5.92 Å². The van der Waals surface area contributed by atoms with Crippen LogP contribution < -0.4 is 10.0 Å². The van der Waals surface area contributed by atoms with E-state index in [0.717, 1.165) is 35.3 Å². The van der Waals surface area contributed by atoms with Crippen molar-refractivity contribution in [3.8, 4) is 10.6 Å². The highest BCUT2D eigenvalue weighted by atomic mass is 35.5. The van der Waals surface area contributed by atoms with Crippen LogP contribution in [0.15, 0.2) is 42.9 Å².